The zero-order chi connectivity index (χ0) is 16.5. The van der Waals surface area contributed by atoms with Gasteiger partial charge >= 0.3 is 6.09 Å². The molecule has 0 aromatic heterocycles. The molecule has 1 aromatic rings. The van der Waals surface area contributed by atoms with Crippen LogP contribution in [0.15, 0.2) is 24.3 Å². The molecule has 6 nitrogen and oxygen atoms in total. The molecule has 0 aliphatic carbocycles. The van der Waals surface area contributed by atoms with Gasteiger partial charge in [-0.05, 0) is 12.5 Å². The molecule has 1 fully saturated rings. The van der Waals surface area contributed by atoms with Crippen molar-refractivity contribution in [3.63, 3.8) is 0 Å². The lowest BCUT2D eigenvalue weighted by Crippen LogP contribution is -2.40. The summed E-state index contributed by atoms with van der Waals surface area (Å²) in [5, 5.41) is 0. The van der Waals surface area contributed by atoms with Gasteiger partial charge in [0.05, 0.1) is 19.8 Å². The van der Waals surface area contributed by atoms with Crippen LogP contribution < -0.4 is 10.5 Å². The van der Waals surface area contributed by atoms with Crippen LogP contribution in [-0.2, 0) is 9.47 Å². The minimum atomic E-state index is -0.772. The first-order valence-corrected chi connectivity index (χ1v) is 8.18. The van der Waals surface area contributed by atoms with Crippen LogP contribution in [0, 0.1) is 0 Å². The molecule has 1 atom stereocenters. The number of carbonyl (C=O) groups is 1. The van der Waals surface area contributed by atoms with E-state index < -0.39 is 12.2 Å². The highest BCUT2D eigenvalue weighted by atomic mass is 35.5. The summed E-state index contributed by atoms with van der Waals surface area (Å²) in [5.41, 5.74) is 6.12. The Morgan fingerprint density at radius 3 is 2.71 bits per heavy atom. The van der Waals surface area contributed by atoms with Gasteiger partial charge in [0.2, 0.25) is 0 Å². The zero-order valence-corrected chi connectivity index (χ0v) is 14.9. The fourth-order valence-corrected chi connectivity index (χ4v) is 2.56. The summed E-state index contributed by atoms with van der Waals surface area (Å²) in [6.07, 6.45) is 0.839. The Bertz CT molecular complexity index is 495. The zero-order valence-electron chi connectivity index (χ0n) is 14.1. The lowest BCUT2D eigenvalue weighted by atomic mass is 10.1. The predicted molar refractivity (Wildman–Crippen MR) is 94.8 cm³/mol. The Morgan fingerprint density at radius 2 is 2.04 bits per heavy atom. The molecule has 136 valence electrons. The molecule has 0 saturated carbocycles. The van der Waals surface area contributed by atoms with E-state index in [-0.39, 0.29) is 12.4 Å². The van der Waals surface area contributed by atoms with Crippen LogP contribution >= 0.6 is 12.4 Å². The van der Waals surface area contributed by atoms with Gasteiger partial charge in [-0.3, -0.25) is 4.90 Å². The Labute approximate surface area is 149 Å². The van der Waals surface area contributed by atoms with Crippen LogP contribution in [-0.4, -0.2) is 50.4 Å². The number of hydrogen-bond acceptors (Lipinski definition) is 5. The van der Waals surface area contributed by atoms with E-state index in [4.69, 9.17) is 19.9 Å². The normalized spacial score (nSPS) is 16.0. The molecule has 2 N–H and O–H groups in total. The Morgan fingerprint density at radius 1 is 1.33 bits per heavy atom. The number of nitrogens with two attached hydrogens (primary N) is 1. The molecule has 1 aromatic carbocycles. The van der Waals surface area contributed by atoms with Crippen LogP contribution in [0.1, 0.15) is 31.4 Å². The van der Waals surface area contributed by atoms with Gasteiger partial charge in [-0.1, -0.05) is 31.5 Å². The van der Waals surface area contributed by atoms with Crippen LogP contribution in [0.4, 0.5) is 4.79 Å². The van der Waals surface area contributed by atoms with E-state index in [1.54, 1.807) is 0 Å². The van der Waals surface area contributed by atoms with E-state index >= 15 is 0 Å². The molecular weight excluding hydrogens is 332 g/mol. The number of unbranched alkanes of at least 4 members (excludes halogenated alkanes) is 1. The van der Waals surface area contributed by atoms with Crippen molar-refractivity contribution in [2.75, 3.05) is 39.5 Å². The number of primary amides is 1. The number of para-hydroxylation sites is 1. The number of hydrogen-bond donors (Lipinski definition) is 1. The number of rotatable bonds is 8. The summed E-state index contributed by atoms with van der Waals surface area (Å²) in [7, 11) is 0. The molecule has 1 unspecified atom stereocenters. The summed E-state index contributed by atoms with van der Waals surface area (Å²) in [6.45, 7) is 6.37. The van der Waals surface area contributed by atoms with E-state index in [0.29, 0.717) is 26.4 Å². The SMILES string of the molecule is CCCCOc1ccccc1C(CN1CCOCC1)OC(N)=O.Cl. The van der Waals surface area contributed by atoms with Crippen molar-refractivity contribution in [2.45, 2.75) is 25.9 Å². The lowest BCUT2D eigenvalue weighted by molar-refractivity contribution is 0.00927. The molecule has 0 spiro atoms. The van der Waals surface area contributed by atoms with Gasteiger partial charge in [0, 0.05) is 25.2 Å². The van der Waals surface area contributed by atoms with Crippen LogP contribution in [0.2, 0.25) is 0 Å². The highest BCUT2D eigenvalue weighted by molar-refractivity contribution is 5.85. The Kier molecular flexibility index (Phi) is 9.52. The average molecular weight is 359 g/mol. The summed E-state index contributed by atoms with van der Waals surface area (Å²) in [6, 6.07) is 7.66. The second-order valence-corrected chi connectivity index (χ2v) is 5.58. The van der Waals surface area contributed by atoms with Crippen molar-refractivity contribution < 1.29 is 19.0 Å². The molecule has 1 saturated heterocycles. The second kappa shape index (κ2) is 11.1. The predicted octanol–water partition coefficient (Wildman–Crippen LogP) is 2.76. The number of benzene rings is 1. The highest BCUT2D eigenvalue weighted by Gasteiger charge is 2.23. The standard InChI is InChI=1S/C17H26N2O4.ClH/c1-2-3-10-22-15-7-5-4-6-14(15)16(23-17(18)20)13-19-8-11-21-12-9-19;/h4-7,16H,2-3,8-13H2,1H3,(H2,18,20);1H. The van der Waals surface area contributed by atoms with Gasteiger partial charge in [-0.25, -0.2) is 4.79 Å². The van der Waals surface area contributed by atoms with Crippen molar-refractivity contribution in [3.05, 3.63) is 29.8 Å². The molecule has 0 radical (unpaired) electrons. The number of nitrogens with zero attached hydrogens (tertiary/aromatic N) is 1. The highest BCUT2D eigenvalue weighted by Crippen LogP contribution is 2.29. The van der Waals surface area contributed by atoms with Crippen molar-refractivity contribution in [3.8, 4) is 5.75 Å². The average Bonchev–Trinajstić information content (AvgIpc) is 2.55. The first kappa shape index (κ1) is 20.5. The second-order valence-electron chi connectivity index (χ2n) is 5.58. The number of ether oxygens (including phenoxy) is 3. The van der Waals surface area contributed by atoms with Crippen molar-refractivity contribution in [1.82, 2.24) is 4.90 Å². The maximum Gasteiger partial charge on any atom is 0.405 e. The third-order valence-electron chi connectivity index (χ3n) is 3.81. The van der Waals surface area contributed by atoms with Crippen molar-refractivity contribution in [1.29, 1.82) is 0 Å². The molecule has 0 bridgehead atoms. The van der Waals surface area contributed by atoms with Gasteiger partial charge < -0.3 is 19.9 Å². The lowest BCUT2D eigenvalue weighted by Gasteiger charge is -2.30. The number of morpholine rings is 1. The van der Waals surface area contributed by atoms with Crippen LogP contribution in [0.3, 0.4) is 0 Å². The molecule has 1 aliphatic heterocycles. The van der Waals surface area contributed by atoms with Gasteiger partial charge in [-0.15, -0.1) is 12.4 Å². The minimum Gasteiger partial charge on any atom is -0.493 e. The Balaban J connectivity index is 0.00000288. The molecular formula is C17H27ClN2O4. The fourth-order valence-electron chi connectivity index (χ4n) is 2.56. The molecule has 1 heterocycles. The third-order valence-corrected chi connectivity index (χ3v) is 3.81. The van der Waals surface area contributed by atoms with Crippen LogP contribution in [0.25, 0.3) is 0 Å². The van der Waals surface area contributed by atoms with Gasteiger partial charge in [-0.2, -0.15) is 0 Å². The minimum absolute atomic E-state index is 0. The van der Waals surface area contributed by atoms with E-state index in [1.807, 2.05) is 24.3 Å². The largest absolute Gasteiger partial charge is 0.493 e. The van der Waals surface area contributed by atoms with E-state index in [1.165, 1.54) is 0 Å². The van der Waals surface area contributed by atoms with Crippen LogP contribution in [0.5, 0.6) is 5.75 Å². The summed E-state index contributed by atoms with van der Waals surface area (Å²) < 4.78 is 16.6. The first-order chi connectivity index (χ1) is 11.2. The number of amides is 1. The summed E-state index contributed by atoms with van der Waals surface area (Å²) in [4.78, 5) is 13.5. The van der Waals surface area contributed by atoms with Crippen molar-refractivity contribution >= 4 is 18.5 Å². The molecule has 24 heavy (non-hydrogen) atoms. The summed E-state index contributed by atoms with van der Waals surface area (Å²) >= 11 is 0. The topological polar surface area (TPSA) is 74.0 Å². The van der Waals surface area contributed by atoms with E-state index in [2.05, 4.69) is 11.8 Å². The quantitative estimate of drug-likeness (QED) is 0.723. The maximum atomic E-state index is 11.3. The fraction of sp³-hybridized carbons (Fsp3) is 0.588. The van der Waals surface area contributed by atoms with Gasteiger partial charge in [0.15, 0.2) is 0 Å². The Hall–Kier alpha value is -1.50. The third kappa shape index (κ3) is 6.55. The number of halogens is 1. The molecule has 7 heteroatoms. The van der Waals surface area contributed by atoms with Crippen molar-refractivity contribution in [2.24, 2.45) is 5.73 Å². The maximum absolute atomic E-state index is 11.3. The van der Waals surface area contributed by atoms with Gasteiger partial charge in [0.25, 0.3) is 0 Å². The number of carbonyl (C=O) groups excluding carboxylic acids is 1. The monoisotopic (exact) mass is 358 g/mol. The first-order valence-electron chi connectivity index (χ1n) is 8.18. The molecule has 1 amide bonds. The summed E-state index contributed by atoms with van der Waals surface area (Å²) in [5.74, 6) is 0.750. The molecule has 1 aliphatic rings. The van der Waals surface area contributed by atoms with E-state index in [9.17, 15) is 4.79 Å². The molecule has 2 rings (SSSR count). The van der Waals surface area contributed by atoms with E-state index in [0.717, 1.165) is 37.2 Å². The smallest absolute Gasteiger partial charge is 0.405 e. The van der Waals surface area contributed by atoms with Gasteiger partial charge in [0.1, 0.15) is 11.9 Å².